The fourth-order valence-electron chi connectivity index (χ4n) is 2.64. The Kier molecular flexibility index (Phi) is 5.51. The van der Waals surface area contributed by atoms with Gasteiger partial charge in [0.1, 0.15) is 18.0 Å². The monoisotopic (exact) mass is 372 g/mol. The molecular formula is C18H20N4O5. The van der Waals surface area contributed by atoms with Gasteiger partial charge in [0.2, 0.25) is 0 Å². The molecule has 0 aliphatic heterocycles. The van der Waals surface area contributed by atoms with Crippen molar-refractivity contribution in [1.82, 2.24) is 19.4 Å². The smallest absolute Gasteiger partial charge is 0.332 e. The molecular weight excluding hydrogens is 352 g/mol. The molecule has 3 aromatic heterocycles. The Morgan fingerprint density at radius 2 is 2.11 bits per heavy atom. The summed E-state index contributed by atoms with van der Waals surface area (Å²) in [7, 11) is 2.92. The zero-order valence-corrected chi connectivity index (χ0v) is 15.1. The maximum absolute atomic E-state index is 12.3. The van der Waals surface area contributed by atoms with E-state index < -0.39 is 11.2 Å². The second kappa shape index (κ2) is 8.00. The molecule has 9 nitrogen and oxygen atoms in total. The van der Waals surface area contributed by atoms with Crippen molar-refractivity contribution in [2.45, 2.75) is 13.0 Å². The van der Waals surface area contributed by atoms with E-state index in [2.05, 4.69) is 10.3 Å². The molecule has 0 fully saturated rings. The zero-order chi connectivity index (χ0) is 19.4. The normalized spacial score (nSPS) is 11.0. The van der Waals surface area contributed by atoms with Gasteiger partial charge in [-0.1, -0.05) is 0 Å². The molecule has 9 heteroatoms. The van der Waals surface area contributed by atoms with Crippen LogP contribution in [0.5, 0.6) is 0 Å². The lowest BCUT2D eigenvalue weighted by molar-refractivity contribution is 0.0917. The second-order valence-corrected chi connectivity index (χ2v) is 6.04. The molecule has 0 aromatic carbocycles. The highest BCUT2D eigenvalue weighted by molar-refractivity contribution is 5.96. The van der Waals surface area contributed by atoms with Crippen molar-refractivity contribution in [2.24, 2.45) is 14.1 Å². The Bertz CT molecular complexity index is 1070. The highest BCUT2D eigenvalue weighted by atomic mass is 16.5. The number of furan rings is 1. The summed E-state index contributed by atoms with van der Waals surface area (Å²) in [6.45, 7) is 1.28. The lowest BCUT2D eigenvalue weighted by Crippen LogP contribution is -2.37. The largest absolute Gasteiger partial charge is 0.467 e. The molecule has 0 saturated carbocycles. The Morgan fingerprint density at radius 1 is 1.30 bits per heavy atom. The van der Waals surface area contributed by atoms with E-state index >= 15 is 0 Å². The number of nitrogens with one attached hydrogen (secondary N) is 1. The first kappa shape index (κ1) is 18.6. The average molecular weight is 372 g/mol. The van der Waals surface area contributed by atoms with Crippen LogP contribution in [0.2, 0.25) is 0 Å². The number of nitrogens with zero attached hydrogens (tertiary/aromatic N) is 3. The first-order valence-electron chi connectivity index (χ1n) is 8.43. The van der Waals surface area contributed by atoms with Crippen LogP contribution in [0.1, 0.15) is 22.5 Å². The highest BCUT2D eigenvalue weighted by Crippen LogP contribution is 2.07. The standard InChI is InChI=1S/C18H20N4O5/c1-21-15-14(17(24)22(2)18(21)25)9-12(10-20-15)16(23)19-6-4-7-26-11-13-5-3-8-27-13/h3,5,8-10H,4,6-7,11H2,1-2H3,(H,19,23). The van der Waals surface area contributed by atoms with Gasteiger partial charge < -0.3 is 14.5 Å². The predicted octanol–water partition coefficient (Wildman–Crippen LogP) is 0.562. The summed E-state index contributed by atoms with van der Waals surface area (Å²) in [6.07, 6.45) is 3.56. The van der Waals surface area contributed by atoms with Gasteiger partial charge in [0.15, 0.2) is 0 Å². The fraction of sp³-hybridized carbons (Fsp3) is 0.333. The molecule has 1 N–H and O–H groups in total. The molecule has 0 radical (unpaired) electrons. The number of hydrogen-bond donors (Lipinski definition) is 1. The zero-order valence-electron chi connectivity index (χ0n) is 15.1. The van der Waals surface area contributed by atoms with Crippen molar-refractivity contribution in [3.63, 3.8) is 0 Å². The summed E-state index contributed by atoms with van der Waals surface area (Å²) in [5.41, 5.74) is -0.450. The van der Waals surface area contributed by atoms with E-state index in [-0.39, 0.29) is 22.5 Å². The summed E-state index contributed by atoms with van der Waals surface area (Å²) in [5.74, 6) is 0.406. The number of carbonyl (C=O) groups excluding carboxylic acids is 1. The first-order valence-corrected chi connectivity index (χ1v) is 8.43. The molecule has 0 atom stereocenters. The minimum absolute atomic E-state index is 0.217. The number of fused-ring (bicyclic) bond motifs is 1. The van der Waals surface area contributed by atoms with Crippen LogP contribution < -0.4 is 16.6 Å². The molecule has 0 spiro atoms. The van der Waals surface area contributed by atoms with Crippen molar-refractivity contribution in [1.29, 1.82) is 0 Å². The van der Waals surface area contributed by atoms with Gasteiger partial charge in [0, 0.05) is 33.4 Å². The van der Waals surface area contributed by atoms with Gasteiger partial charge in [0.25, 0.3) is 11.5 Å². The quantitative estimate of drug-likeness (QED) is 0.607. The Labute approximate surface area is 154 Å². The van der Waals surface area contributed by atoms with Crippen molar-refractivity contribution in [3.05, 3.63) is 62.8 Å². The number of amides is 1. The van der Waals surface area contributed by atoms with Gasteiger partial charge in [-0.15, -0.1) is 0 Å². The number of aryl methyl sites for hydroxylation is 1. The van der Waals surface area contributed by atoms with Gasteiger partial charge in [-0.3, -0.25) is 18.7 Å². The van der Waals surface area contributed by atoms with Crippen molar-refractivity contribution < 1.29 is 13.9 Å². The van der Waals surface area contributed by atoms with Crippen LogP contribution in [0.3, 0.4) is 0 Å². The lowest BCUT2D eigenvalue weighted by Gasteiger charge is -2.09. The van der Waals surface area contributed by atoms with Crippen LogP contribution in [0, 0.1) is 0 Å². The van der Waals surface area contributed by atoms with Crippen molar-refractivity contribution in [3.8, 4) is 0 Å². The molecule has 0 bridgehead atoms. The summed E-state index contributed by atoms with van der Waals surface area (Å²) >= 11 is 0. The van der Waals surface area contributed by atoms with Crippen molar-refractivity contribution in [2.75, 3.05) is 13.2 Å². The third-order valence-electron chi connectivity index (χ3n) is 4.13. The fourth-order valence-corrected chi connectivity index (χ4v) is 2.64. The van der Waals surface area contributed by atoms with Gasteiger partial charge in [-0.05, 0) is 24.6 Å². The minimum Gasteiger partial charge on any atom is -0.467 e. The topological polar surface area (TPSA) is 108 Å². The molecule has 3 heterocycles. The molecule has 3 rings (SSSR count). The van der Waals surface area contributed by atoms with E-state index in [0.717, 1.165) is 10.3 Å². The number of pyridine rings is 1. The molecule has 0 saturated heterocycles. The highest BCUT2D eigenvalue weighted by Gasteiger charge is 2.13. The van der Waals surface area contributed by atoms with Crippen LogP contribution in [-0.2, 0) is 25.4 Å². The Balaban J connectivity index is 1.59. The van der Waals surface area contributed by atoms with Gasteiger partial charge in [0.05, 0.1) is 17.2 Å². The summed E-state index contributed by atoms with van der Waals surface area (Å²) in [4.78, 5) is 40.5. The van der Waals surface area contributed by atoms with E-state index in [1.165, 1.54) is 30.9 Å². The van der Waals surface area contributed by atoms with Gasteiger partial charge in [-0.25, -0.2) is 9.78 Å². The number of carbonyl (C=O) groups is 1. The van der Waals surface area contributed by atoms with E-state index in [0.29, 0.717) is 26.2 Å². The van der Waals surface area contributed by atoms with Gasteiger partial charge >= 0.3 is 5.69 Å². The van der Waals surface area contributed by atoms with Crippen molar-refractivity contribution >= 4 is 16.9 Å². The van der Waals surface area contributed by atoms with E-state index in [1.54, 1.807) is 12.3 Å². The Hall–Kier alpha value is -3.20. The van der Waals surface area contributed by atoms with Crippen LogP contribution in [0.25, 0.3) is 11.0 Å². The molecule has 0 aliphatic rings. The van der Waals surface area contributed by atoms with E-state index in [4.69, 9.17) is 9.15 Å². The van der Waals surface area contributed by atoms with E-state index in [1.807, 2.05) is 6.07 Å². The predicted molar refractivity (Wildman–Crippen MR) is 97.5 cm³/mol. The van der Waals surface area contributed by atoms with Gasteiger partial charge in [-0.2, -0.15) is 0 Å². The van der Waals surface area contributed by atoms with Crippen LogP contribution in [0.15, 0.2) is 44.7 Å². The van der Waals surface area contributed by atoms with Crippen LogP contribution >= 0.6 is 0 Å². The lowest BCUT2D eigenvalue weighted by atomic mass is 10.2. The Morgan fingerprint density at radius 3 is 2.85 bits per heavy atom. The molecule has 0 unspecified atom stereocenters. The maximum Gasteiger partial charge on any atom is 0.332 e. The first-order chi connectivity index (χ1) is 13.0. The molecule has 0 aliphatic carbocycles. The number of hydrogen-bond acceptors (Lipinski definition) is 6. The molecule has 1 amide bonds. The average Bonchev–Trinajstić information content (AvgIpc) is 3.20. The number of ether oxygens (including phenoxy) is 1. The molecule has 142 valence electrons. The van der Waals surface area contributed by atoms with E-state index in [9.17, 15) is 14.4 Å². The maximum atomic E-state index is 12.3. The molecule has 27 heavy (non-hydrogen) atoms. The van der Waals surface area contributed by atoms with Crippen LogP contribution in [0.4, 0.5) is 0 Å². The summed E-state index contributed by atoms with van der Waals surface area (Å²) in [6, 6.07) is 5.07. The SMILES string of the molecule is Cn1c(=O)c2cc(C(=O)NCCCOCc3ccco3)cnc2n(C)c1=O. The summed E-state index contributed by atoms with van der Waals surface area (Å²) < 4.78 is 12.9. The second-order valence-electron chi connectivity index (χ2n) is 6.04. The minimum atomic E-state index is -0.485. The number of rotatable bonds is 7. The third kappa shape index (κ3) is 3.98. The third-order valence-corrected chi connectivity index (χ3v) is 4.13. The molecule has 3 aromatic rings. The number of aromatic nitrogens is 3. The van der Waals surface area contributed by atoms with Crippen LogP contribution in [-0.4, -0.2) is 33.2 Å². The summed E-state index contributed by atoms with van der Waals surface area (Å²) in [5, 5.41) is 2.97.